The molecular weight excluding hydrogens is 244 g/mol. The van der Waals surface area contributed by atoms with Crippen LogP contribution in [0.4, 0.5) is 0 Å². The fourth-order valence-electron chi connectivity index (χ4n) is 2.73. The van der Waals surface area contributed by atoms with Crippen LogP contribution in [-0.4, -0.2) is 13.1 Å². The molecule has 1 saturated heterocycles. The zero-order chi connectivity index (χ0) is 13.9. The Bertz CT molecular complexity index is 495. The molecule has 2 N–H and O–H groups in total. The van der Waals surface area contributed by atoms with Crippen molar-refractivity contribution in [2.24, 2.45) is 0 Å². The minimum absolute atomic E-state index is 0.414. The van der Waals surface area contributed by atoms with Crippen LogP contribution in [0.25, 0.3) is 0 Å². The Labute approximate surface area is 121 Å². The van der Waals surface area contributed by atoms with Gasteiger partial charge in [-0.1, -0.05) is 59.7 Å². The molecule has 0 saturated carbocycles. The SMILES string of the molecule is Cc1ccc(C2CNC(c3ccc(C)cc3)CN2)cc1. The highest BCUT2D eigenvalue weighted by Gasteiger charge is 2.21. The summed E-state index contributed by atoms with van der Waals surface area (Å²) in [6.07, 6.45) is 0. The van der Waals surface area contributed by atoms with Gasteiger partial charge < -0.3 is 10.6 Å². The summed E-state index contributed by atoms with van der Waals surface area (Å²) in [4.78, 5) is 0. The summed E-state index contributed by atoms with van der Waals surface area (Å²) in [7, 11) is 0. The molecule has 0 spiro atoms. The Balaban J connectivity index is 1.64. The van der Waals surface area contributed by atoms with Gasteiger partial charge in [-0.25, -0.2) is 0 Å². The second-order valence-electron chi connectivity index (χ2n) is 5.74. The van der Waals surface area contributed by atoms with Crippen LogP contribution in [0.2, 0.25) is 0 Å². The molecule has 104 valence electrons. The second-order valence-corrected chi connectivity index (χ2v) is 5.74. The van der Waals surface area contributed by atoms with Gasteiger partial charge in [0.2, 0.25) is 0 Å². The van der Waals surface area contributed by atoms with Gasteiger partial charge in [0.05, 0.1) is 0 Å². The van der Waals surface area contributed by atoms with E-state index in [2.05, 4.69) is 73.0 Å². The van der Waals surface area contributed by atoms with Crippen LogP contribution in [0, 0.1) is 13.8 Å². The molecule has 0 aromatic heterocycles. The zero-order valence-corrected chi connectivity index (χ0v) is 12.2. The molecule has 2 nitrogen and oxygen atoms in total. The van der Waals surface area contributed by atoms with E-state index in [1.807, 2.05) is 0 Å². The number of hydrogen-bond donors (Lipinski definition) is 2. The lowest BCUT2D eigenvalue weighted by molar-refractivity contribution is 0.357. The number of benzene rings is 2. The smallest absolute Gasteiger partial charge is 0.0447 e. The average Bonchev–Trinajstić information content (AvgIpc) is 2.49. The number of nitrogens with one attached hydrogen (secondary N) is 2. The third kappa shape index (κ3) is 2.92. The van der Waals surface area contributed by atoms with E-state index in [4.69, 9.17) is 0 Å². The van der Waals surface area contributed by atoms with Crippen LogP contribution in [0.1, 0.15) is 34.3 Å². The van der Waals surface area contributed by atoms with E-state index < -0.39 is 0 Å². The highest BCUT2D eigenvalue weighted by atomic mass is 15.1. The molecule has 0 amide bonds. The maximum Gasteiger partial charge on any atom is 0.0447 e. The van der Waals surface area contributed by atoms with Crippen molar-refractivity contribution in [1.29, 1.82) is 0 Å². The van der Waals surface area contributed by atoms with Gasteiger partial charge in [0.15, 0.2) is 0 Å². The largest absolute Gasteiger partial charge is 0.307 e. The highest BCUT2D eigenvalue weighted by Crippen LogP contribution is 2.21. The minimum atomic E-state index is 0.414. The van der Waals surface area contributed by atoms with Gasteiger partial charge in [0.25, 0.3) is 0 Å². The lowest BCUT2D eigenvalue weighted by Gasteiger charge is -2.32. The molecule has 20 heavy (non-hydrogen) atoms. The van der Waals surface area contributed by atoms with Gasteiger partial charge in [-0.2, -0.15) is 0 Å². The summed E-state index contributed by atoms with van der Waals surface area (Å²) in [5.74, 6) is 0. The molecule has 2 heteroatoms. The van der Waals surface area contributed by atoms with E-state index in [-0.39, 0.29) is 0 Å². The van der Waals surface area contributed by atoms with E-state index >= 15 is 0 Å². The Morgan fingerprint density at radius 3 is 1.30 bits per heavy atom. The second kappa shape index (κ2) is 5.78. The van der Waals surface area contributed by atoms with E-state index in [9.17, 15) is 0 Å². The van der Waals surface area contributed by atoms with Gasteiger partial charge in [-0.3, -0.25) is 0 Å². The topological polar surface area (TPSA) is 24.1 Å². The molecule has 1 fully saturated rings. The lowest BCUT2D eigenvalue weighted by Crippen LogP contribution is -2.45. The van der Waals surface area contributed by atoms with Crippen molar-refractivity contribution < 1.29 is 0 Å². The number of rotatable bonds is 2. The number of piperazine rings is 1. The van der Waals surface area contributed by atoms with Gasteiger partial charge in [-0.05, 0) is 25.0 Å². The van der Waals surface area contributed by atoms with E-state index in [0.29, 0.717) is 12.1 Å². The fraction of sp³-hybridized carbons (Fsp3) is 0.333. The maximum absolute atomic E-state index is 3.66. The zero-order valence-electron chi connectivity index (χ0n) is 12.2. The van der Waals surface area contributed by atoms with Crippen LogP contribution < -0.4 is 10.6 Å². The normalized spacial score (nSPS) is 22.7. The van der Waals surface area contributed by atoms with Gasteiger partial charge in [0, 0.05) is 25.2 Å². The number of hydrogen-bond acceptors (Lipinski definition) is 2. The van der Waals surface area contributed by atoms with Crippen molar-refractivity contribution in [3.05, 3.63) is 70.8 Å². The van der Waals surface area contributed by atoms with Crippen molar-refractivity contribution in [3.8, 4) is 0 Å². The summed E-state index contributed by atoms with van der Waals surface area (Å²) in [5, 5.41) is 7.31. The lowest BCUT2D eigenvalue weighted by atomic mass is 9.99. The first-order valence-corrected chi connectivity index (χ1v) is 7.32. The highest BCUT2D eigenvalue weighted by molar-refractivity contribution is 5.27. The third-order valence-electron chi connectivity index (χ3n) is 4.10. The third-order valence-corrected chi connectivity index (χ3v) is 4.10. The maximum atomic E-state index is 3.66. The van der Waals surface area contributed by atoms with Crippen LogP contribution in [0.15, 0.2) is 48.5 Å². The minimum Gasteiger partial charge on any atom is -0.307 e. The number of aryl methyl sites for hydroxylation is 2. The summed E-state index contributed by atoms with van der Waals surface area (Å²) in [5.41, 5.74) is 5.36. The van der Waals surface area contributed by atoms with E-state index in [1.165, 1.54) is 22.3 Å². The van der Waals surface area contributed by atoms with Crippen molar-refractivity contribution in [1.82, 2.24) is 10.6 Å². The van der Waals surface area contributed by atoms with Crippen molar-refractivity contribution in [3.63, 3.8) is 0 Å². The first kappa shape index (κ1) is 13.3. The Morgan fingerprint density at radius 1 is 0.650 bits per heavy atom. The van der Waals surface area contributed by atoms with Gasteiger partial charge in [0.1, 0.15) is 0 Å². The fourth-order valence-corrected chi connectivity index (χ4v) is 2.73. The van der Waals surface area contributed by atoms with Crippen molar-refractivity contribution >= 4 is 0 Å². The van der Waals surface area contributed by atoms with Crippen LogP contribution in [-0.2, 0) is 0 Å². The molecule has 3 rings (SSSR count). The van der Waals surface area contributed by atoms with E-state index in [0.717, 1.165) is 13.1 Å². The molecule has 1 aliphatic rings. The first-order valence-electron chi connectivity index (χ1n) is 7.32. The molecule has 2 aromatic rings. The molecule has 2 aromatic carbocycles. The molecule has 0 radical (unpaired) electrons. The summed E-state index contributed by atoms with van der Waals surface area (Å²) in [6, 6.07) is 18.5. The van der Waals surface area contributed by atoms with Gasteiger partial charge in [-0.15, -0.1) is 0 Å². The molecule has 2 atom stereocenters. The van der Waals surface area contributed by atoms with Crippen LogP contribution in [0.3, 0.4) is 0 Å². The van der Waals surface area contributed by atoms with E-state index in [1.54, 1.807) is 0 Å². The Kier molecular flexibility index (Phi) is 3.86. The summed E-state index contributed by atoms with van der Waals surface area (Å²) < 4.78 is 0. The average molecular weight is 266 g/mol. The predicted molar refractivity (Wildman–Crippen MR) is 83.8 cm³/mol. The van der Waals surface area contributed by atoms with Crippen LogP contribution >= 0.6 is 0 Å². The molecule has 1 aliphatic heterocycles. The monoisotopic (exact) mass is 266 g/mol. The molecule has 0 aliphatic carbocycles. The van der Waals surface area contributed by atoms with Crippen LogP contribution in [0.5, 0.6) is 0 Å². The van der Waals surface area contributed by atoms with Crippen molar-refractivity contribution in [2.45, 2.75) is 25.9 Å². The first-order chi connectivity index (χ1) is 9.72. The summed E-state index contributed by atoms with van der Waals surface area (Å²) in [6.45, 7) is 6.21. The van der Waals surface area contributed by atoms with Gasteiger partial charge >= 0.3 is 0 Å². The molecular formula is C18H22N2. The Morgan fingerprint density at radius 2 is 1.00 bits per heavy atom. The predicted octanol–water partition coefficient (Wildman–Crippen LogP) is 3.28. The Hall–Kier alpha value is -1.64. The standard InChI is InChI=1S/C18H22N2/c1-13-3-7-15(8-4-13)17-11-20-18(12-19-17)16-9-5-14(2)6-10-16/h3-10,17-20H,11-12H2,1-2H3. The quantitative estimate of drug-likeness (QED) is 0.871. The molecule has 1 heterocycles. The molecule has 2 unspecified atom stereocenters. The van der Waals surface area contributed by atoms with Crippen molar-refractivity contribution in [2.75, 3.05) is 13.1 Å². The summed E-state index contributed by atoms with van der Waals surface area (Å²) >= 11 is 0. The molecule has 0 bridgehead atoms.